The van der Waals surface area contributed by atoms with Gasteiger partial charge in [0.1, 0.15) is 0 Å². The van der Waals surface area contributed by atoms with Crippen LogP contribution in [0.3, 0.4) is 0 Å². The van der Waals surface area contributed by atoms with Crippen LogP contribution in [0.4, 0.5) is 6.01 Å². The molecule has 1 saturated heterocycles. The summed E-state index contributed by atoms with van der Waals surface area (Å²) in [7, 11) is 0. The van der Waals surface area contributed by atoms with Crippen LogP contribution in [0.2, 0.25) is 0 Å². The molecule has 0 atom stereocenters. The van der Waals surface area contributed by atoms with Crippen LogP contribution in [0.5, 0.6) is 0 Å². The minimum Gasteiger partial charge on any atom is -0.351 e. The van der Waals surface area contributed by atoms with E-state index in [0.29, 0.717) is 5.92 Å². The van der Waals surface area contributed by atoms with Gasteiger partial charge in [-0.3, -0.25) is 0 Å². The fraction of sp³-hybridized carbons (Fsp3) is 0.750. The predicted molar refractivity (Wildman–Crippen MR) is 48.0 cm³/mol. The average Bonchev–Trinajstić information content (AvgIpc) is 2.53. The van der Waals surface area contributed by atoms with Gasteiger partial charge in [0.2, 0.25) is 0 Å². The van der Waals surface area contributed by atoms with E-state index < -0.39 is 0 Å². The first-order valence-electron chi connectivity index (χ1n) is 4.63. The maximum absolute atomic E-state index is 5.33. The molecule has 0 unspecified atom stereocenters. The van der Waals surface area contributed by atoms with E-state index in [0.717, 1.165) is 25.3 Å². The van der Waals surface area contributed by atoms with Crippen LogP contribution in [-0.4, -0.2) is 23.2 Å². The van der Waals surface area contributed by atoms with Crippen LogP contribution in [0.15, 0.2) is 4.52 Å². The van der Waals surface area contributed by atoms with Crippen LogP contribution < -0.4 is 11.1 Å². The third kappa shape index (κ3) is 2.18. The number of nitrogen functional groups attached to an aromatic ring is 1. The molecule has 0 spiro atoms. The molecule has 72 valence electrons. The first-order chi connectivity index (χ1) is 6.34. The summed E-state index contributed by atoms with van der Waals surface area (Å²) in [5.74, 6) is 1.42. The number of nitrogens with one attached hydrogen (secondary N) is 1. The third-order valence-corrected chi connectivity index (χ3v) is 2.41. The largest absolute Gasteiger partial charge is 0.351 e. The van der Waals surface area contributed by atoms with E-state index in [-0.39, 0.29) is 6.01 Å². The van der Waals surface area contributed by atoms with Crippen LogP contribution in [0.25, 0.3) is 0 Å². The second-order valence-electron chi connectivity index (χ2n) is 3.45. The van der Waals surface area contributed by atoms with Crippen molar-refractivity contribution in [3.05, 3.63) is 5.82 Å². The van der Waals surface area contributed by atoms with Crippen LogP contribution >= 0.6 is 0 Å². The van der Waals surface area contributed by atoms with E-state index in [2.05, 4.69) is 15.5 Å². The van der Waals surface area contributed by atoms with E-state index in [9.17, 15) is 0 Å². The van der Waals surface area contributed by atoms with Gasteiger partial charge < -0.3 is 15.6 Å². The molecule has 2 heterocycles. The number of rotatable bonds is 2. The molecule has 0 aliphatic carbocycles. The highest BCUT2D eigenvalue weighted by Crippen LogP contribution is 2.16. The maximum atomic E-state index is 5.33. The predicted octanol–water partition coefficient (Wildman–Crippen LogP) is 0.194. The second kappa shape index (κ2) is 3.74. The summed E-state index contributed by atoms with van der Waals surface area (Å²) in [5.41, 5.74) is 5.33. The van der Waals surface area contributed by atoms with Gasteiger partial charge in [0, 0.05) is 6.42 Å². The van der Waals surface area contributed by atoms with Crippen LogP contribution in [0, 0.1) is 5.92 Å². The van der Waals surface area contributed by atoms with Crippen LogP contribution in [0.1, 0.15) is 18.7 Å². The molecular formula is C8H14N4O. The topological polar surface area (TPSA) is 77.0 Å². The molecule has 3 N–H and O–H groups in total. The fourth-order valence-corrected chi connectivity index (χ4v) is 1.69. The maximum Gasteiger partial charge on any atom is 0.318 e. The Hall–Kier alpha value is -1.10. The number of hydrogen-bond donors (Lipinski definition) is 2. The van der Waals surface area contributed by atoms with E-state index in [4.69, 9.17) is 10.3 Å². The van der Waals surface area contributed by atoms with Crippen molar-refractivity contribution >= 4 is 6.01 Å². The molecule has 1 aromatic rings. The van der Waals surface area contributed by atoms with Crippen molar-refractivity contribution in [2.45, 2.75) is 19.3 Å². The minimum absolute atomic E-state index is 0.170. The van der Waals surface area contributed by atoms with E-state index in [1.54, 1.807) is 0 Å². The third-order valence-electron chi connectivity index (χ3n) is 2.41. The van der Waals surface area contributed by atoms with Crippen molar-refractivity contribution in [1.82, 2.24) is 15.5 Å². The summed E-state index contributed by atoms with van der Waals surface area (Å²) in [4.78, 5) is 3.98. The van der Waals surface area contributed by atoms with Crippen molar-refractivity contribution in [3.63, 3.8) is 0 Å². The van der Waals surface area contributed by atoms with Gasteiger partial charge in [0.25, 0.3) is 0 Å². The lowest BCUT2D eigenvalue weighted by Gasteiger charge is -2.20. The summed E-state index contributed by atoms with van der Waals surface area (Å²) >= 11 is 0. The Morgan fingerprint density at radius 3 is 2.85 bits per heavy atom. The molecule has 0 radical (unpaired) electrons. The lowest BCUT2D eigenvalue weighted by Crippen LogP contribution is -2.28. The van der Waals surface area contributed by atoms with Crippen molar-refractivity contribution in [3.8, 4) is 0 Å². The van der Waals surface area contributed by atoms with Gasteiger partial charge in [-0.25, -0.2) is 0 Å². The Morgan fingerprint density at radius 2 is 2.23 bits per heavy atom. The van der Waals surface area contributed by atoms with Gasteiger partial charge >= 0.3 is 6.01 Å². The molecule has 1 aromatic heterocycles. The Labute approximate surface area is 76.7 Å². The molecule has 13 heavy (non-hydrogen) atoms. The van der Waals surface area contributed by atoms with E-state index in [1.165, 1.54) is 12.8 Å². The van der Waals surface area contributed by atoms with E-state index in [1.807, 2.05) is 0 Å². The SMILES string of the molecule is Nc1nc(CC2CCNCC2)no1. The monoisotopic (exact) mass is 182 g/mol. The first-order valence-corrected chi connectivity index (χ1v) is 4.63. The Bertz CT molecular complexity index is 267. The zero-order chi connectivity index (χ0) is 9.10. The van der Waals surface area contributed by atoms with Gasteiger partial charge in [-0.2, -0.15) is 4.98 Å². The molecule has 0 amide bonds. The van der Waals surface area contributed by atoms with Gasteiger partial charge in [-0.1, -0.05) is 5.16 Å². The standard InChI is InChI=1S/C8H14N4O/c9-8-11-7(12-13-8)5-6-1-3-10-4-2-6/h6,10H,1-5H2,(H2,9,11,12). The molecule has 0 saturated carbocycles. The average molecular weight is 182 g/mol. The van der Waals surface area contributed by atoms with Crippen molar-refractivity contribution in [2.75, 3.05) is 18.8 Å². The molecule has 5 heteroatoms. The summed E-state index contributed by atoms with van der Waals surface area (Å²) in [6, 6.07) is 0.170. The quantitative estimate of drug-likeness (QED) is 0.683. The highest BCUT2D eigenvalue weighted by molar-refractivity contribution is 5.07. The molecule has 2 rings (SSSR count). The van der Waals surface area contributed by atoms with Gasteiger partial charge in [0.05, 0.1) is 0 Å². The Kier molecular flexibility index (Phi) is 2.44. The van der Waals surface area contributed by atoms with Crippen molar-refractivity contribution < 1.29 is 4.52 Å². The Balaban J connectivity index is 1.89. The van der Waals surface area contributed by atoms with Crippen LogP contribution in [-0.2, 0) is 6.42 Å². The minimum atomic E-state index is 0.170. The van der Waals surface area contributed by atoms with Crippen molar-refractivity contribution in [2.24, 2.45) is 5.92 Å². The fourth-order valence-electron chi connectivity index (χ4n) is 1.69. The van der Waals surface area contributed by atoms with Gasteiger partial charge in [0.15, 0.2) is 5.82 Å². The lowest BCUT2D eigenvalue weighted by molar-refractivity contribution is 0.357. The molecule has 1 fully saturated rings. The summed E-state index contributed by atoms with van der Waals surface area (Å²) in [5, 5.41) is 7.10. The zero-order valence-corrected chi connectivity index (χ0v) is 7.49. The smallest absolute Gasteiger partial charge is 0.318 e. The molecular weight excluding hydrogens is 168 g/mol. The number of nitrogens with zero attached hydrogens (tertiary/aromatic N) is 2. The normalized spacial score (nSPS) is 19.1. The Morgan fingerprint density at radius 1 is 1.46 bits per heavy atom. The van der Waals surface area contributed by atoms with Gasteiger partial charge in [-0.05, 0) is 31.8 Å². The number of piperidine rings is 1. The highest BCUT2D eigenvalue weighted by atomic mass is 16.5. The van der Waals surface area contributed by atoms with Crippen molar-refractivity contribution in [1.29, 1.82) is 0 Å². The highest BCUT2D eigenvalue weighted by Gasteiger charge is 2.16. The summed E-state index contributed by atoms with van der Waals surface area (Å²) in [6.07, 6.45) is 3.27. The number of aromatic nitrogens is 2. The molecule has 1 aliphatic rings. The second-order valence-corrected chi connectivity index (χ2v) is 3.45. The summed E-state index contributed by atoms with van der Waals surface area (Å²) < 4.78 is 4.71. The van der Waals surface area contributed by atoms with Gasteiger partial charge in [-0.15, -0.1) is 0 Å². The lowest BCUT2D eigenvalue weighted by atomic mass is 9.94. The number of hydrogen-bond acceptors (Lipinski definition) is 5. The first kappa shape index (κ1) is 8.50. The number of anilines is 1. The zero-order valence-electron chi connectivity index (χ0n) is 7.49. The molecule has 1 aliphatic heterocycles. The molecule has 0 aromatic carbocycles. The molecule has 0 bridgehead atoms. The summed E-state index contributed by atoms with van der Waals surface area (Å²) in [6.45, 7) is 2.19. The molecule has 5 nitrogen and oxygen atoms in total. The van der Waals surface area contributed by atoms with E-state index >= 15 is 0 Å². The number of nitrogens with two attached hydrogens (primary N) is 1.